The van der Waals surface area contributed by atoms with Gasteiger partial charge in [0, 0.05) is 24.7 Å². The number of hydrogen-bond acceptors (Lipinski definition) is 6. The largest absolute Gasteiger partial charge is 0.497 e. The third-order valence-electron chi connectivity index (χ3n) is 3.86. The number of carbonyl (C=O) groups excluding carboxylic acids is 1. The molecule has 2 rings (SSSR count). The average Bonchev–Trinajstić information content (AvgIpc) is 2.99. The van der Waals surface area contributed by atoms with E-state index in [1.54, 1.807) is 20.3 Å². The zero-order valence-corrected chi connectivity index (χ0v) is 15.2. The molecule has 0 saturated carbocycles. The average molecular weight is 334 g/mol. The van der Waals surface area contributed by atoms with E-state index in [9.17, 15) is 4.79 Å². The van der Waals surface area contributed by atoms with Crippen LogP contribution >= 0.6 is 0 Å². The van der Waals surface area contributed by atoms with Crippen LogP contribution < -0.4 is 14.4 Å². The minimum Gasteiger partial charge on any atom is -0.497 e. The van der Waals surface area contributed by atoms with Crippen LogP contribution in [-0.2, 0) is 9.53 Å². The fraction of sp³-hybridized carbons (Fsp3) is 0.556. The second-order valence-electron chi connectivity index (χ2n) is 6.40. The Labute approximate surface area is 143 Å². The van der Waals surface area contributed by atoms with Gasteiger partial charge in [-0.3, -0.25) is 4.99 Å². The molecule has 1 aliphatic heterocycles. The summed E-state index contributed by atoms with van der Waals surface area (Å²) in [5.74, 6) is 1.57. The summed E-state index contributed by atoms with van der Waals surface area (Å²) in [6, 6.07) is 5.56. The van der Waals surface area contributed by atoms with E-state index < -0.39 is 5.97 Å². The Bertz CT molecular complexity index is 603. The molecule has 6 heteroatoms. The maximum absolute atomic E-state index is 12.5. The van der Waals surface area contributed by atoms with Crippen molar-refractivity contribution in [2.75, 3.05) is 25.7 Å². The lowest BCUT2D eigenvalue weighted by atomic mass is 10.1. The van der Waals surface area contributed by atoms with Crippen LogP contribution in [0.1, 0.15) is 27.7 Å². The molecule has 132 valence electrons. The topological polar surface area (TPSA) is 60.4 Å². The van der Waals surface area contributed by atoms with Crippen LogP contribution in [0.3, 0.4) is 0 Å². The fourth-order valence-corrected chi connectivity index (χ4v) is 2.51. The van der Waals surface area contributed by atoms with E-state index >= 15 is 0 Å². The molecule has 0 unspecified atom stereocenters. The van der Waals surface area contributed by atoms with Gasteiger partial charge in [0.15, 0.2) is 0 Å². The quantitative estimate of drug-likeness (QED) is 0.749. The van der Waals surface area contributed by atoms with Gasteiger partial charge in [0.1, 0.15) is 11.5 Å². The number of rotatable bonds is 6. The summed E-state index contributed by atoms with van der Waals surface area (Å²) in [6.07, 6.45) is -0.194. The first-order chi connectivity index (χ1) is 11.3. The summed E-state index contributed by atoms with van der Waals surface area (Å²) in [7, 11) is 3.20. The molecule has 1 aromatic carbocycles. The smallest absolute Gasteiger partial charge is 0.374 e. The number of ether oxygens (including phenoxy) is 3. The van der Waals surface area contributed by atoms with E-state index in [0.717, 1.165) is 5.69 Å². The number of hydrogen-bond donors (Lipinski definition) is 0. The number of aliphatic imine (C=N–C) groups is 1. The van der Waals surface area contributed by atoms with Gasteiger partial charge in [-0.1, -0.05) is 13.8 Å². The van der Waals surface area contributed by atoms with Gasteiger partial charge < -0.3 is 19.1 Å². The molecule has 1 heterocycles. The van der Waals surface area contributed by atoms with Gasteiger partial charge in [0.25, 0.3) is 0 Å². The number of benzene rings is 1. The van der Waals surface area contributed by atoms with E-state index in [1.165, 1.54) is 0 Å². The predicted molar refractivity (Wildman–Crippen MR) is 94.2 cm³/mol. The molecule has 0 bridgehead atoms. The SMILES string of the molecule is COc1cc(OC)cc(N2C[C@H](C(C)C)N=C2C(=O)OC(C)C)c1. The second-order valence-corrected chi connectivity index (χ2v) is 6.40. The molecule has 24 heavy (non-hydrogen) atoms. The van der Waals surface area contributed by atoms with Crippen LogP contribution in [0.15, 0.2) is 23.2 Å². The zero-order chi connectivity index (χ0) is 17.9. The molecule has 0 radical (unpaired) electrons. The Balaban J connectivity index is 2.39. The molecular weight excluding hydrogens is 308 g/mol. The Hall–Kier alpha value is -2.24. The molecule has 1 aliphatic rings. The maximum Gasteiger partial charge on any atom is 0.374 e. The molecule has 0 fully saturated rings. The molecule has 0 spiro atoms. The molecule has 1 aromatic rings. The third kappa shape index (κ3) is 3.99. The molecular formula is C18H26N2O4. The third-order valence-corrected chi connectivity index (χ3v) is 3.86. The summed E-state index contributed by atoms with van der Waals surface area (Å²) in [4.78, 5) is 18.9. The van der Waals surface area contributed by atoms with Crippen molar-refractivity contribution in [3.63, 3.8) is 0 Å². The van der Waals surface area contributed by atoms with Crippen LogP contribution in [0.4, 0.5) is 5.69 Å². The first-order valence-corrected chi connectivity index (χ1v) is 8.15. The molecule has 1 atom stereocenters. The minimum atomic E-state index is -0.407. The lowest BCUT2D eigenvalue weighted by Crippen LogP contribution is -2.36. The van der Waals surface area contributed by atoms with E-state index in [1.807, 2.05) is 30.9 Å². The van der Waals surface area contributed by atoms with Crippen molar-refractivity contribution in [3.8, 4) is 11.5 Å². The maximum atomic E-state index is 12.5. The molecule has 6 nitrogen and oxygen atoms in total. The Kier molecular flexibility index (Phi) is 5.70. The Morgan fingerprint density at radius 2 is 1.71 bits per heavy atom. The van der Waals surface area contributed by atoms with Gasteiger partial charge in [-0.2, -0.15) is 0 Å². The van der Waals surface area contributed by atoms with Crippen molar-refractivity contribution in [2.24, 2.45) is 10.9 Å². The van der Waals surface area contributed by atoms with Gasteiger partial charge in [0.05, 0.1) is 32.1 Å². The van der Waals surface area contributed by atoms with Crippen LogP contribution in [0.5, 0.6) is 11.5 Å². The first kappa shape index (κ1) is 18.1. The fourth-order valence-electron chi connectivity index (χ4n) is 2.51. The van der Waals surface area contributed by atoms with Gasteiger partial charge in [-0.05, 0) is 19.8 Å². The van der Waals surface area contributed by atoms with Gasteiger partial charge >= 0.3 is 5.97 Å². The predicted octanol–water partition coefficient (Wildman–Crippen LogP) is 2.90. The molecule has 0 N–H and O–H groups in total. The highest BCUT2D eigenvalue weighted by molar-refractivity contribution is 6.41. The highest BCUT2D eigenvalue weighted by Gasteiger charge is 2.34. The highest BCUT2D eigenvalue weighted by Crippen LogP contribution is 2.31. The number of anilines is 1. The van der Waals surface area contributed by atoms with E-state index in [0.29, 0.717) is 29.8 Å². The highest BCUT2D eigenvalue weighted by atomic mass is 16.5. The lowest BCUT2D eigenvalue weighted by molar-refractivity contribution is -0.139. The number of methoxy groups -OCH3 is 2. The second kappa shape index (κ2) is 7.55. The van der Waals surface area contributed by atoms with Crippen molar-refractivity contribution in [3.05, 3.63) is 18.2 Å². The van der Waals surface area contributed by atoms with E-state index in [-0.39, 0.29) is 12.1 Å². The summed E-state index contributed by atoms with van der Waals surface area (Å²) >= 11 is 0. The number of carbonyl (C=O) groups is 1. The summed E-state index contributed by atoms with van der Waals surface area (Å²) in [6.45, 7) is 8.46. The number of nitrogens with zero attached hydrogens (tertiary/aromatic N) is 2. The van der Waals surface area contributed by atoms with Crippen LogP contribution in [0.25, 0.3) is 0 Å². The molecule has 0 saturated heterocycles. The Morgan fingerprint density at radius 1 is 1.12 bits per heavy atom. The van der Waals surface area contributed by atoms with Crippen LogP contribution in [0, 0.1) is 5.92 Å². The van der Waals surface area contributed by atoms with Crippen molar-refractivity contribution < 1.29 is 19.0 Å². The zero-order valence-electron chi connectivity index (χ0n) is 15.2. The van der Waals surface area contributed by atoms with Crippen molar-refractivity contribution in [1.29, 1.82) is 0 Å². The van der Waals surface area contributed by atoms with Gasteiger partial charge in [-0.25, -0.2) is 4.79 Å². The number of amidine groups is 1. The van der Waals surface area contributed by atoms with Crippen molar-refractivity contribution in [1.82, 2.24) is 0 Å². The Morgan fingerprint density at radius 3 is 2.17 bits per heavy atom. The van der Waals surface area contributed by atoms with Crippen molar-refractivity contribution >= 4 is 17.5 Å². The molecule has 0 aliphatic carbocycles. The summed E-state index contributed by atoms with van der Waals surface area (Å²) in [5, 5.41) is 0. The van der Waals surface area contributed by atoms with E-state index in [2.05, 4.69) is 18.8 Å². The van der Waals surface area contributed by atoms with Crippen LogP contribution in [0.2, 0.25) is 0 Å². The van der Waals surface area contributed by atoms with Crippen LogP contribution in [-0.4, -0.2) is 44.7 Å². The van der Waals surface area contributed by atoms with Gasteiger partial charge in [0.2, 0.25) is 5.84 Å². The first-order valence-electron chi connectivity index (χ1n) is 8.15. The number of esters is 1. The lowest BCUT2D eigenvalue weighted by Gasteiger charge is -2.22. The standard InChI is InChI=1S/C18H26N2O4/c1-11(2)16-10-20(17(19-16)18(21)24-12(3)4)13-7-14(22-5)9-15(8-13)23-6/h7-9,11-12,16H,10H2,1-6H3/t16-/m1/s1. The normalized spacial score (nSPS) is 17.2. The van der Waals surface area contributed by atoms with Crippen molar-refractivity contribution in [2.45, 2.75) is 39.8 Å². The van der Waals surface area contributed by atoms with E-state index in [4.69, 9.17) is 14.2 Å². The molecule has 0 amide bonds. The van der Waals surface area contributed by atoms with Gasteiger partial charge in [-0.15, -0.1) is 0 Å². The monoisotopic (exact) mass is 334 g/mol. The molecule has 0 aromatic heterocycles. The summed E-state index contributed by atoms with van der Waals surface area (Å²) in [5.41, 5.74) is 0.800. The summed E-state index contributed by atoms with van der Waals surface area (Å²) < 4.78 is 16.0. The minimum absolute atomic E-state index is 0.0388.